The molecule has 16 heavy (non-hydrogen) atoms. The first-order chi connectivity index (χ1) is 7.72. The number of fused-ring (bicyclic) bond motifs is 1. The molecule has 0 radical (unpaired) electrons. The highest BCUT2D eigenvalue weighted by atomic mass is 16.5. The van der Waals surface area contributed by atoms with Gasteiger partial charge in [0, 0.05) is 6.54 Å². The SMILES string of the molecule is CCOc1ccc2c(c1)C(C(=O)O)NCC2. The normalized spacial score (nSPS) is 18.9. The molecule has 4 heteroatoms. The van der Waals surface area contributed by atoms with Gasteiger partial charge in [-0.05, 0) is 36.6 Å². The molecule has 1 atom stereocenters. The number of carbonyl (C=O) groups is 1. The fourth-order valence-electron chi connectivity index (χ4n) is 2.01. The predicted octanol–water partition coefficient (Wildman–Crippen LogP) is 1.36. The van der Waals surface area contributed by atoms with Gasteiger partial charge in [0.15, 0.2) is 0 Å². The summed E-state index contributed by atoms with van der Waals surface area (Å²) in [4.78, 5) is 11.1. The number of benzene rings is 1. The van der Waals surface area contributed by atoms with Crippen LogP contribution < -0.4 is 10.1 Å². The molecule has 0 aromatic heterocycles. The molecule has 0 bridgehead atoms. The summed E-state index contributed by atoms with van der Waals surface area (Å²) in [5.74, 6) is -0.106. The lowest BCUT2D eigenvalue weighted by atomic mass is 9.94. The van der Waals surface area contributed by atoms with Gasteiger partial charge in [0.2, 0.25) is 0 Å². The number of hydrogen-bond acceptors (Lipinski definition) is 3. The summed E-state index contributed by atoms with van der Waals surface area (Å²) in [6, 6.07) is 5.07. The molecule has 1 unspecified atom stereocenters. The Morgan fingerprint density at radius 3 is 3.12 bits per heavy atom. The van der Waals surface area contributed by atoms with Gasteiger partial charge in [-0.25, -0.2) is 0 Å². The van der Waals surface area contributed by atoms with E-state index in [-0.39, 0.29) is 0 Å². The van der Waals surface area contributed by atoms with Crippen LogP contribution in [0.25, 0.3) is 0 Å². The molecule has 2 N–H and O–H groups in total. The maximum Gasteiger partial charge on any atom is 0.325 e. The van der Waals surface area contributed by atoms with E-state index in [0.29, 0.717) is 13.2 Å². The summed E-state index contributed by atoms with van der Waals surface area (Å²) >= 11 is 0. The Hall–Kier alpha value is -1.55. The van der Waals surface area contributed by atoms with Gasteiger partial charge in [0.1, 0.15) is 11.8 Å². The van der Waals surface area contributed by atoms with E-state index in [9.17, 15) is 4.79 Å². The van der Waals surface area contributed by atoms with Gasteiger partial charge in [0.25, 0.3) is 0 Å². The van der Waals surface area contributed by atoms with Gasteiger partial charge in [-0.3, -0.25) is 4.79 Å². The molecule has 1 aromatic carbocycles. The van der Waals surface area contributed by atoms with Crippen molar-refractivity contribution < 1.29 is 14.6 Å². The highest BCUT2D eigenvalue weighted by Gasteiger charge is 2.25. The lowest BCUT2D eigenvalue weighted by Crippen LogP contribution is -2.34. The van der Waals surface area contributed by atoms with Crippen LogP contribution in [0.4, 0.5) is 0 Å². The number of hydrogen-bond donors (Lipinski definition) is 2. The second kappa shape index (κ2) is 4.53. The molecule has 0 fully saturated rings. The molecular formula is C12H15NO3. The minimum Gasteiger partial charge on any atom is -0.494 e. The van der Waals surface area contributed by atoms with Crippen LogP contribution in [-0.2, 0) is 11.2 Å². The Balaban J connectivity index is 2.36. The topological polar surface area (TPSA) is 58.6 Å². The van der Waals surface area contributed by atoms with Gasteiger partial charge in [-0.15, -0.1) is 0 Å². The first-order valence-electron chi connectivity index (χ1n) is 5.44. The first kappa shape index (κ1) is 11.0. The van der Waals surface area contributed by atoms with Crippen LogP contribution in [0, 0.1) is 0 Å². The smallest absolute Gasteiger partial charge is 0.325 e. The fraction of sp³-hybridized carbons (Fsp3) is 0.417. The molecule has 1 heterocycles. The highest BCUT2D eigenvalue weighted by molar-refractivity contribution is 5.76. The van der Waals surface area contributed by atoms with Crippen LogP contribution in [0.2, 0.25) is 0 Å². The number of nitrogens with one attached hydrogen (secondary N) is 1. The van der Waals surface area contributed by atoms with E-state index in [4.69, 9.17) is 9.84 Å². The van der Waals surface area contributed by atoms with Crippen molar-refractivity contribution in [2.45, 2.75) is 19.4 Å². The van der Waals surface area contributed by atoms with Crippen molar-refractivity contribution in [1.82, 2.24) is 5.32 Å². The number of ether oxygens (including phenoxy) is 1. The van der Waals surface area contributed by atoms with E-state index in [0.717, 1.165) is 23.3 Å². The Labute approximate surface area is 94.2 Å². The van der Waals surface area contributed by atoms with Gasteiger partial charge in [-0.1, -0.05) is 6.07 Å². The lowest BCUT2D eigenvalue weighted by Gasteiger charge is -2.24. The van der Waals surface area contributed by atoms with Crippen molar-refractivity contribution >= 4 is 5.97 Å². The third-order valence-corrected chi connectivity index (χ3v) is 2.73. The number of aliphatic carboxylic acids is 1. The van der Waals surface area contributed by atoms with Gasteiger partial charge < -0.3 is 15.2 Å². The molecule has 0 aliphatic carbocycles. The largest absolute Gasteiger partial charge is 0.494 e. The van der Waals surface area contributed by atoms with Gasteiger partial charge >= 0.3 is 5.97 Å². The summed E-state index contributed by atoms with van der Waals surface area (Å²) < 4.78 is 5.38. The Morgan fingerprint density at radius 2 is 2.44 bits per heavy atom. The average molecular weight is 221 g/mol. The van der Waals surface area contributed by atoms with Gasteiger partial charge in [-0.2, -0.15) is 0 Å². The van der Waals surface area contributed by atoms with Gasteiger partial charge in [0.05, 0.1) is 6.61 Å². The van der Waals surface area contributed by atoms with Crippen LogP contribution in [0.1, 0.15) is 24.1 Å². The van der Waals surface area contributed by atoms with Crippen LogP contribution in [-0.4, -0.2) is 24.2 Å². The third-order valence-electron chi connectivity index (χ3n) is 2.73. The Morgan fingerprint density at radius 1 is 1.62 bits per heavy atom. The Kier molecular flexibility index (Phi) is 3.10. The minimum absolute atomic E-state index is 0.587. The second-order valence-corrected chi connectivity index (χ2v) is 3.77. The highest BCUT2D eigenvalue weighted by Crippen LogP contribution is 2.27. The molecule has 4 nitrogen and oxygen atoms in total. The summed E-state index contributed by atoms with van der Waals surface area (Å²) in [6.07, 6.45) is 0.867. The van der Waals surface area contributed by atoms with E-state index < -0.39 is 12.0 Å². The zero-order valence-electron chi connectivity index (χ0n) is 9.19. The number of carboxylic acids is 1. The number of carboxylic acid groups (broad SMARTS) is 1. The van der Waals surface area contributed by atoms with Crippen molar-refractivity contribution in [3.63, 3.8) is 0 Å². The molecule has 1 aliphatic rings. The van der Waals surface area contributed by atoms with Crippen molar-refractivity contribution in [3.05, 3.63) is 29.3 Å². The quantitative estimate of drug-likeness (QED) is 0.809. The predicted molar refractivity (Wildman–Crippen MR) is 59.7 cm³/mol. The molecule has 2 rings (SSSR count). The van der Waals surface area contributed by atoms with E-state index in [1.165, 1.54) is 0 Å². The lowest BCUT2D eigenvalue weighted by molar-refractivity contribution is -0.139. The molecule has 0 spiro atoms. The maximum atomic E-state index is 11.1. The number of rotatable bonds is 3. The van der Waals surface area contributed by atoms with E-state index in [2.05, 4.69) is 5.32 Å². The summed E-state index contributed by atoms with van der Waals surface area (Å²) in [5.41, 5.74) is 1.92. The zero-order valence-corrected chi connectivity index (χ0v) is 9.19. The summed E-state index contributed by atoms with van der Waals surface area (Å²) in [7, 11) is 0. The van der Waals surface area contributed by atoms with Crippen LogP contribution >= 0.6 is 0 Å². The summed E-state index contributed by atoms with van der Waals surface area (Å²) in [5, 5.41) is 12.1. The maximum absolute atomic E-state index is 11.1. The molecule has 1 aromatic rings. The second-order valence-electron chi connectivity index (χ2n) is 3.77. The molecule has 0 saturated heterocycles. The van der Waals surface area contributed by atoms with Crippen molar-refractivity contribution in [1.29, 1.82) is 0 Å². The Bertz CT molecular complexity index is 403. The molecule has 86 valence electrons. The van der Waals surface area contributed by atoms with Crippen molar-refractivity contribution in [2.75, 3.05) is 13.2 Å². The summed E-state index contributed by atoms with van der Waals surface area (Å²) in [6.45, 7) is 3.20. The standard InChI is InChI=1S/C12H15NO3/c1-2-16-9-4-3-8-5-6-13-11(12(14)15)10(8)7-9/h3-4,7,11,13H,2,5-6H2,1H3,(H,14,15). The van der Waals surface area contributed by atoms with E-state index >= 15 is 0 Å². The van der Waals surface area contributed by atoms with E-state index in [1.54, 1.807) is 0 Å². The van der Waals surface area contributed by atoms with E-state index in [1.807, 2.05) is 25.1 Å². The van der Waals surface area contributed by atoms with Crippen molar-refractivity contribution in [2.24, 2.45) is 0 Å². The van der Waals surface area contributed by atoms with Crippen LogP contribution in [0.3, 0.4) is 0 Å². The third kappa shape index (κ3) is 2.02. The molecule has 1 aliphatic heterocycles. The van der Waals surface area contributed by atoms with Crippen LogP contribution in [0.15, 0.2) is 18.2 Å². The molecule has 0 saturated carbocycles. The first-order valence-corrected chi connectivity index (χ1v) is 5.44. The molecule has 0 amide bonds. The monoisotopic (exact) mass is 221 g/mol. The van der Waals surface area contributed by atoms with Crippen LogP contribution in [0.5, 0.6) is 5.75 Å². The minimum atomic E-state index is -0.838. The molecular weight excluding hydrogens is 206 g/mol. The zero-order chi connectivity index (χ0) is 11.5. The average Bonchev–Trinajstić information content (AvgIpc) is 2.28. The fourth-order valence-corrected chi connectivity index (χ4v) is 2.01. The van der Waals surface area contributed by atoms with Crippen molar-refractivity contribution in [3.8, 4) is 5.75 Å².